The zero-order chi connectivity index (χ0) is 12.4. The van der Waals surface area contributed by atoms with E-state index in [2.05, 4.69) is 0 Å². The molecule has 0 bridgehead atoms. The first-order valence-corrected chi connectivity index (χ1v) is 5.44. The van der Waals surface area contributed by atoms with E-state index in [0.717, 1.165) is 0 Å². The van der Waals surface area contributed by atoms with Crippen LogP contribution in [0.3, 0.4) is 0 Å². The lowest BCUT2D eigenvalue weighted by Gasteiger charge is -2.16. The van der Waals surface area contributed by atoms with E-state index in [1.165, 1.54) is 14.2 Å². The van der Waals surface area contributed by atoms with Gasteiger partial charge < -0.3 is 18.9 Å². The van der Waals surface area contributed by atoms with E-state index in [0.29, 0.717) is 6.42 Å². The number of hydrogen-bond donors (Lipinski definition) is 0. The SMILES string of the molecule is COC1CC([B]C2CC(=O)OC2OC)C(=O)O1. The zero-order valence-corrected chi connectivity index (χ0v) is 9.75. The number of cyclic esters (lactones) is 2. The Hall–Kier alpha value is -1.08. The maximum Gasteiger partial charge on any atom is 0.307 e. The molecule has 0 aromatic carbocycles. The van der Waals surface area contributed by atoms with Gasteiger partial charge in [-0.2, -0.15) is 0 Å². The quantitative estimate of drug-likeness (QED) is 0.513. The van der Waals surface area contributed by atoms with Crippen LogP contribution < -0.4 is 0 Å². The Kier molecular flexibility index (Phi) is 3.68. The van der Waals surface area contributed by atoms with Gasteiger partial charge in [0.1, 0.15) is 7.28 Å². The number of hydrogen-bond acceptors (Lipinski definition) is 6. The first-order chi connectivity index (χ1) is 8.13. The molecule has 0 amide bonds. The van der Waals surface area contributed by atoms with Crippen LogP contribution in [0.1, 0.15) is 12.8 Å². The van der Waals surface area contributed by atoms with Crippen LogP contribution in [-0.2, 0) is 28.5 Å². The monoisotopic (exact) mass is 241 g/mol. The summed E-state index contributed by atoms with van der Waals surface area (Å²) in [6.07, 6.45) is -0.393. The van der Waals surface area contributed by atoms with Crippen LogP contribution in [0, 0.1) is 0 Å². The molecule has 6 nitrogen and oxygen atoms in total. The first-order valence-electron chi connectivity index (χ1n) is 5.44. The molecular weight excluding hydrogens is 227 g/mol. The lowest BCUT2D eigenvalue weighted by Crippen LogP contribution is -2.23. The Morgan fingerprint density at radius 3 is 2.59 bits per heavy atom. The largest absolute Gasteiger partial charge is 0.436 e. The number of methoxy groups -OCH3 is 2. The van der Waals surface area contributed by atoms with Crippen molar-refractivity contribution in [3.63, 3.8) is 0 Å². The highest BCUT2D eigenvalue weighted by atomic mass is 16.7. The number of ether oxygens (including phenoxy) is 4. The van der Waals surface area contributed by atoms with E-state index in [1.807, 2.05) is 0 Å². The van der Waals surface area contributed by atoms with Gasteiger partial charge in [0.25, 0.3) is 0 Å². The molecule has 2 fully saturated rings. The van der Waals surface area contributed by atoms with E-state index in [4.69, 9.17) is 18.9 Å². The average molecular weight is 241 g/mol. The summed E-state index contributed by atoms with van der Waals surface area (Å²) in [5, 5.41) is 0. The van der Waals surface area contributed by atoms with Crippen LogP contribution in [0.5, 0.6) is 0 Å². The van der Waals surface area contributed by atoms with Crippen molar-refractivity contribution in [1.82, 2.24) is 0 Å². The lowest BCUT2D eigenvalue weighted by atomic mass is 9.53. The van der Waals surface area contributed by atoms with E-state index >= 15 is 0 Å². The fourth-order valence-corrected chi connectivity index (χ4v) is 2.10. The van der Waals surface area contributed by atoms with Crippen molar-refractivity contribution >= 4 is 19.2 Å². The van der Waals surface area contributed by atoms with Crippen LogP contribution in [-0.4, -0.2) is 46.0 Å². The molecular formula is C10H14BO6. The third kappa shape index (κ3) is 2.61. The minimum absolute atomic E-state index is 0.208. The maximum absolute atomic E-state index is 11.5. The molecule has 93 valence electrons. The summed E-state index contributed by atoms with van der Waals surface area (Å²) in [5.41, 5.74) is 0. The molecule has 4 atom stereocenters. The predicted octanol–water partition coefficient (Wildman–Crippen LogP) is 0.106. The molecule has 7 heteroatoms. The van der Waals surface area contributed by atoms with E-state index in [-0.39, 0.29) is 30.0 Å². The van der Waals surface area contributed by atoms with Crippen molar-refractivity contribution in [2.45, 2.75) is 37.1 Å². The highest BCUT2D eigenvalue weighted by Gasteiger charge is 2.42. The minimum atomic E-state index is -0.600. The van der Waals surface area contributed by atoms with Gasteiger partial charge >= 0.3 is 11.9 Å². The summed E-state index contributed by atoms with van der Waals surface area (Å²) in [5.74, 6) is -1.21. The van der Waals surface area contributed by atoms with Crippen LogP contribution in [0.4, 0.5) is 0 Å². The Morgan fingerprint density at radius 1 is 1.24 bits per heavy atom. The van der Waals surface area contributed by atoms with Crippen molar-refractivity contribution in [3.05, 3.63) is 0 Å². The van der Waals surface area contributed by atoms with E-state index < -0.39 is 12.6 Å². The molecule has 0 spiro atoms. The van der Waals surface area contributed by atoms with E-state index in [1.54, 1.807) is 7.28 Å². The highest BCUT2D eigenvalue weighted by Crippen LogP contribution is 2.35. The molecule has 2 heterocycles. The molecule has 17 heavy (non-hydrogen) atoms. The molecule has 1 radical (unpaired) electrons. The van der Waals surface area contributed by atoms with Crippen molar-refractivity contribution in [2.75, 3.05) is 14.2 Å². The van der Waals surface area contributed by atoms with Gasteiger partial charge in [-0.25, -0.2) is 0 Å². The molecule has 2 rings (SSSR count). The lowest BCUT2D eigenvalue weighted by molar-refractivity contribution is -0.158. The van der Waals surface area contributed by atoms with Gasteiger partial charge in [-0.3, -0.25) is 9.59 Å². The summed E-state index contributed by atoms with van der Waals surface area (Å²) < 4.78 is 19.9. The normalized spacial score (nSPS) is 36.8. The smallest absolute Gasteiger partial charge is 0.307 e. The fourth-order valence-electron chi connectivity index (χ4n) is 2.10. The Balaban J connectivity index is 1.92. The molecule has 2 aliphatic heterocycles. The molecule has 0 N–H and O–H groups in total. The highest BCUT2D eigenvalue weighted by molar-refractivity contribution is 6.46. The van der Waals surface area contributed by atoms with Crippen molar-refractivity contribution in [1.29, 1.82) is 0 Å². The van der Waals surface area contributed by atoms with E-state index in [9.17, 15) is 9.59 Å². The van der Waals surface area contributed by atoms with Gasteiger partial charge in [-0.1, -0.05) is 0 Å². The van der Waals surface area contributed by atoms with Gasteiger partial charge in [0.2, 0.25) is 6.29 Å². The number of carbonyl (C=O) groups is 2. The first kappa shape index (κ1) is 12.4. The Bertz CT molecular complexity index is 320. The summed E-state index contributed by atoms with van der Waals surface area (Å²) >= 11 is 0. The second-order valence-corrected chi connectivity index (χ2v) is 4.10. The molecule has 0 saturated carbocycles. The van der Waals surface area contributed by atoms with Gasteiger partial charge in [-0.05, 0) is 0 Å². The Labute approximate surface area is 99.8 Å². The standard InChI is InChI=1S/C10H14BO6/c1-14-8-4-5(9(13)17-8)11-6-3-7(12)16-10(6)15-2/h5-6,8,10H,3-4H2,1-2H3. The molecule has 0 aromatic heterocycles. The minimum Gasteiger partial charge on any atom is -0.436 e. The number of carbonyl (C=O) groups excluding carboxylic acids is 2. The van der Waals surface area contributed by atoms with Crippen molar-refractivity contribution < 1.29 is 28.5 Å². The molecule has 0 aliphatic carbocycles. The van der Waals surface area contributed by atoms with Gasteiger partial charge in [-0.15, -0.1) is 0 Å². The summed E-state index contributed by atoms with van der Waals surface area (Å²) in [6, 6.07) is 0. The molecule has 2 saturated heterocycles. The van der Waals surface area contributed by atoms with Crippen LogP contribution in [0.25, 0.3) is 0 Å². The van der Waals surface area contributed by atoms with Crippen LogP contribution in [0.15, 0.2) is 0 Å². The molecule has 2 aliphatic rings. The Morgan fingerprint density at radius 2 is 2.00 bits per heavy atom. The van der Waals surface area contributed by atoms with Gasteiger partial charge in [0.15, 0.2) is 6.29 Å². The number of esters is 2. The van der Waals surface area contributed by atoms with Crippen LogP contribution >= 0.6 is 0 Å². The fraction of sp³-hybridized carbons (Fsp3) is 0.800. The van der Waals surface area contributed by atoms with Gasteiger partial charge in [0, 0.05) is 38.7 Å². The van der Waals surface area contributed by atoms with Crippen LogP contribution in [0.2, 0.25) is 11.6 Å². The second-order valence-electron chi connectivity index (χ2n) is 4.10. The summed E-state index contributed by atoms with van der Waals surface area (Å²) in [6.45, 7) is 0. The summed E-state index contributed by atoms with van der Waals surface area (Å²) in [7, 11) is 4.72. The number of rotatable bonds is 4. The predicted molar refractivity (Wildman–Crippen MR) is 56.3 cm³/mol. The zero-order valence-electron chi connectivity index (χ0n) is 9.75. The molecule has 0 aromatic rings. The third-order valence-electron chi connectivity index (χ3n) is 2.97. The topological polar surface area (TPSA) is 71.1 Å². The molecule has 4 unspecified atom stereocenters. The van der Waals surface area contributed by atoms with Crippen molar-refractivity contribution in [3.8, 4) is 0 Å². The third-order valence-corrected chi connectivity index (χ3v) is 2.97. The second kappa shape index (κ2) is 5.06. The van der Waals surface area contributed by atoms with Crippen molar-refractivity contribution in [2.24, 2.45) is 0 Å². The average Bonchev–Trinajstić information content (AvgIpc) is 2.83. The maximum atomic E-state index is 11.5. The summed E-state index contributed by atoms with van der Waals surface area (Å²) in [4.78, 5) is 22.6. The van der Waals surface area contributed by atoms with Gasteiger partial charge in [0.05, 0.1) is 0 Å².